The highest BCUT2D eigenvalue weighted by atomic mass is 32.2. The Bertz CT molecular complexity index is 877. The van der Waals surface area contributed by atoms with E-state index in [9.17, 15) is 21.6 Å². The van der Waals surface area contributed by atoms with Crippen molar-refractivity contribution in [3.63, 3.8) is 0 Å². The van der Waals surface area contributed by atoms with Crippen LogP contribution in [0.15, 0.2) is 42.6 Å². The fourth-order valence-electron chi connectivity index (χ4n) is 2.51. The van der Waals surface area contributed by atoms with Crippen LogP contribution < -0.4 is 4.74 Å². The number of hydrogen-bond donors (Lipinski definition) is 0. The summed E-state index contributed by atoms with van der Waals surface area (Å²) in [4.78, 5) is 3.75. The fourth-order valence-corrected chi connectivity index (χ4v) is 4.09. The van der Waals surface area contributed by atoms with Crippen molar-refractivity contribution in [1.82, 2.24) is 9.29 Å². The molecule has 2 aromatic rings. The number of halogens is 3. The summed E-state index contributed by atoms with van der Waals surface area (Å²) in [5, 5.41) is 0. The van der Waals surface area contributed by atoms with Crippen molar-refractivity contribution in [2.24, 2.45) is 0 Å². The van der Waals surface area contributed by atoms with Gasteiger partial charge >= 0.3 is 6.18 Å². The lowest BCUT2D eigenvalue weighted by atomic mass is 10.2. The van der Waals surface area contributed by atoms with Gasteiger partial charge in [-0.1, -0.05) is 29.8 Å². The van der Waals surface area contributed by atoms with Crippen LogP contribution in [0.2, 0.25) is 0 Å². The number of aryl methyl sites for hydroxylation is 1. The molecule has 9 heteroatoms. The molecule has 0 bridgehead atoms. The van der Waals surface area contributed by atoms with Gasteiger partial charge in [0.25, 0.3) is 0 Å². The van der Waals surface area contributed by atoms with Crippen LogP contribution in [0.4, 0.5) is 13.2 Å². The molecule has 1 aromatic carbocycles. The fraction of sp³-hybridized carbons (Fsp3) is 0.353. The first kappa shape index (κ1) is 18.7. The third-order valence-electron chi connectivity index (χ3n) is 4.03. The zero-order chi connectivity index (χ0) is 18.9. The number of aromatic nitrogens is 1. The number of alkyl halides is 3. The topological polar surface area (TPSA) is 59.5 Å². The number of sulfonamides is 1. The van der Waals surface area contributed by atoms with Crippen LogP contribution in [0.1, 0.15) is 16.7 Å². The van der Waals surface area contributed by atoms with Gasteiger partial charge in [-0.2, -0.15) is 17.5 Å². The third-order valence-corrected chi connectivity index (χ3v) is 5.81. The van der Waals surface area contributed by atoms with Crippen molar-refractivity contribution in [1.29, 1.82) is 0 Å². The van der Waals surface area contributed by atoms with Gasteiger partial charge in [-0.05, 0) is 18.6 Å². The normalized spacial score (nSPS) is 16.3. The Balaban J connectivity index is 1.57. The molecule has 0 spiro atoms. The van der Waals surface area contributed by atoms with E-state index in [0.717, 1.165) is 23.9 Å². The van der Waals surface area contributed by atoms with Crippen LogP contribution >= 0.6 is 0 Å². The Morgan fingerprint density at radius 1 is 1.19 bits per heavy atom. The van der Waals surface area contributed by atoms with Crippen LogP contribution in [-0.2, 0) is 22.0 Å². The highest BCUT2D eigenvalue weighted by Gasteiger charge is 2.38. The third kappa shape index (κ3) is 4.34. The molecule has 1 aliphatic heterocycles. The van der Waals surface area contributed by atoms with Crippen molar-refractivity contribution < 1.29 is 26.3 Å². The molecule has 1 fully saturated rings. The maximum atomic E-state index is 12.7. The summed E-state index contributed by atoms with van der Waals surface area (Å²) >= 11 is 0. The number of hydrogen-bond acceptors (Lipinski definition) is 4. The SMILES string of the molecule is Cc1ccc(CS(=O)(=O)N2CC(Oc3cc(C(F)(F)F)ccn3)C2)cc1. The molecule has 0 N–H and O–H groups in total. The second kappa shape index (κ2) is 6.88. The average Bonchev–Trinajstić information content (AvgIpc) is 2.52. The van der Waals surface area contributed by atoms with Gasteiger partial charge in [0.1, 0.15) is 6.10 Å². The summed E-state index contributed by atoms with van der Waals surface area (Å²) in [5.74, 6) is -0.289. The molecule has 0 atom stereocenters. The molecule has 5 nitrogen and oxygen atoms in total. The zero-order valence-corrected chi connectivity index (χ0v) is 14.7. The van der Waals surface area contributed by atoms with E-state index in [2.05, 4.69) is 4.98 Å². The average molecular weight is 386 g/mol. The first-order valence-corrected chi connectivity index (χ1v) is 9.48. The molecule has 0 unspecified atom stereocenters. The number of pyridine rings is 1. The van der Waals surface area contributed by atoms with E-state index in [-0.39, 0.29) is 24.7 Å². The molecule has 140 valence electrons. The number of rotatable bonds is 5. The number of benzene rings is 1. The summed E-state index contributed by atoms with van der Waals surface area (Å²) in [6.45, 7) is 2.09. The van der Waals surface area contributed by atoms with E-state index in [1.807, 2.05) is 19.1 Å². The molecule has 3 rings (SSSR count). The smallest absolute Gasteiger partial charge is 0.416 e. The van der Waals surface area contributed by atoms with Crippen LogP contribution in [0.25, 0.3) is 0 Å². The standard InChI is InChI=1S/C17H17F3N2O3S/c1-12-2-4-13(5-3-12)11-26(23,24)22-9-15(10-22)25-16-8-14(6-7-21-16)17(18,19)20/h2-8,15H,9-11H2,1H3. The van der Waals surface area contributed by atoms with Crippen molar-refractivity contribution in [2.45, 2.75) is 25.0 Å². The molecule has 26 heavy (non-hydrogen) atoms. The molecule has 0 saturated carbocycles. The Hall–Kier alpha value is -2.13. The summed E-state index contributed by atoms with van der Waals surface area (Å²) in [6.07, 6.45) is -3.98. The molecule has 0 amide bonds. The monoisotopic (exact) mass is 386 g/mol. The minimum absolute atomic E-state index is 0.0894. The van der Waals surface area contributed by atoms with Gasteiger partial charge in [0, 0.05) is 12.3 Å². The largest absolute Gasteiger partial charge is 0.472 e. The summed E-state index contributed by atoms with van der Waals surface area (Å²) in [7, 11) is -3.49. The number of ether oxygens (including phenoxy) is 1. The van der Waals surface area contributed by atoms with E-state index in [4.69, 9.17) is 4.74 Å². The molecular formula is C17H17F3N2O3S. The predicted octanol–water partition coefficient (Wildman–Crippen LogP) is 3.00. The quantitative estimate of drug-likeness (QED) is 0.793. The Kier molecular flexibility index (Phi) is 4.94. The first-order valence-electron chi connectivity index (χ1n) is 7.87. The highest BCUT2D eigenvalue weighted by Crippen LogP contribution is 2.31. The van der Waals surface area contributed by atoms with Crippen LogP contribution in [0, 0.1) is 6.92 Å². The Morgan fingerprint density at radius 3 is 2.46 bits per heavy atom. The summed E-state index contributed by atoms with van der Waals surface area (Å²) in [5.41, 5.74) is 0.863. The second-order valence-electron chi connectivity index (χ2n) is 6.18. The maximum Gasteiger partial charge on any atom is 0.416 e. The molecule has 0 aliphatic carbocycles. The predicted molar refractivity (Wildman–Crippen MR) is 89.0 cm³/mol. The van der Waals surface area contributed by atoms with Crippen LogP contribution in [0.5, 0.6) is 5.88 Å². The van der Waals surface area contributed by atoms with Crippen LogP contribution in [-0.4, -0.2) is 36.9 Å². The molecular weight excluding hydrogens is 369 g/mol. The minimum Gasteiger partial charge on any atom is -0.472 e. The zero-order valence-electron chi connectivity index (χ0n) is 13.9. The second-order valence-corrected chi connectivity index (χ2v) is 8.15. The van der Waals surface area contributed by atoms with Gasteiger partial charge in [0.15, 0.2) is 0 Å². The van der Waals surface area contributed by atoms with Crippen molar-refractivity contribution >= 4 is 10.0 Å². The highest BCUT2D eigenvalue weighted by molar-refractivity contribution is 7.88. The minimum atomic E-state index is -4.48. The summed E-state index contributed by atoms with van der Waals surface area (Å²) in [6, 6.07) is 8.86. The van der Waals surface area contributed by atoms with Gasteiger partial charge in [-0.25, -0.2) is 13.4 Å². The number of nitrogens with zero attached hydrogens (tertiary/aromatic N) is 2. The Labute approximate surface area is 149 Å². The van der Waals surface area contributed by atoms with Gasteiger partial charge < -0.3 is 4.74 Å². The molecule has 2 heterocycles. The van der Waals surface area contributed by atoms with Gasteiger partial charge in [0.2, 0.25) is 15.9 Å². The van der Waals surface area contributed by atoms with E-state index in [1.165, 1.54) is 4.31 Å². The van der Waals surface area contributed by atoms with E-state index >= 15 is 0 Å². The van der Waals surface area contributed by atoms with Gasteiger partial charge in [-0.15, -0.1) is 0 Å². The van der Waals surface area contributed by atoms with E-state index in [1.54, 1.807) is 12.1 Å². The van der Waals surface area contributed by atoms with Crippen molar-refractivity contribution in [3.8, 4) is 5.88 Å². The molecule has 1 saturated heterocycles. The van der Waals surface area contributed by atoms with E-state index < -0.39 is 27.9 Å². The molecule has 1 aromatic heterocycles. The lowest BCUT2D eigenvalue weighted by molar-refractivity contribution is -0.137. The lowest BCUT2D eigenvalue weighted by Crippen LogP contribution is -2.56. The summed E-state index contributed by atoms with van der Waals surface area (Å²) < 4.78 is 69.4. The maximum absolute atomic E-state index is 12.7. The molecule has 0 radical (unpaired) electrons. The lowest BCUT2D eigenvalue weighted by Gasteiger charge is -2.37. The van der Waals surface area contributed by atoms with Crippen molar-refractivity contribution in [3.05, 3.63) is 59.3 Å². The van der Waals surface area contributed by atoms with Gasteiger partial charge in [-0.3, -0.25) is 0 Å². The van der Waals surface area contributed by atoms with E-state index in [0.29, 0.717) is 5.56 Å². The first-order chi connectivity index (χ1) is 12.1. The van der Waals surface area contributed by atoms with Gasteiger partial charge in [0.05, 0.1) is 24.4 Å². The van der Waals surface area contributed by atoms with Crippen LogP contribution in [0.3, 0.4) is 0 Å². The Morgan fingerprint density at radius 2 is 1.85 bits per heavy atom. The molecule has 1 aliphatic rings. The van der Waals surface area contributed by atoms with Crippen molar-refractivity contribution in [2.75, 3.05) is 13.1 Å².